The van der Waals surface area contributed by atoms with E-state index in [0.29, 0.717) is 0 Å². The van der Waals surface area contributed by atoms with Crippen molar-refractivity contribution in [3.63, 3.8) is 0 Å². The number of allylic oxidation sites excluding steroid dienone is 2. The van der Waals surface area contributed by atoms with E-state index in [-0.39, 0.29) is 0 Å². The molecule has 2 atom stereocenters. The predicted molar refractivity (Wildman–Crippen MR) is 114 cm³/mol. The Kier molecular flexibility index (Phi) is 4.13. The second-order valence-corrected chi connectivity index (χ2v) is 9.22. The van der Waals surface area contributed by atoms with Gasteiger partial charge < -0.3 is 0 Å². The van der Waals surface area contributed by atoms with E-state index in [4.69, 9.17) is 23.2 Å². The zero-order chi connectivity index (χ0) is 18.7. The molecule has 0 saturated heterocycles. The fraction of sp³-hybridized carbons (Fsp3) is 0.333. The van der Waals surface area contributed by atoms with Crippen molar-refractivity contribution in [2.45, 2.75) is 50.3 Å². The molecule has 0 heterocycles. The van der Waals surface area contributed by atoms with Crippen molar-refractivity contribution in [2.75, 3.05) is 0 Å². The Morgan fingerprint density at radius 2 is 0.962 bits per heavy atom. The monoisotopic (exact) mass is 382 g/mol. The number of halogens is 2. The first-order valence-corrected chi connectivity index (χ1v) is 9.98. The first-order valence-electron chi connectivity index (χ1n) is 9.23. The van der Waals surface area contributed by atoms with E-state index in [0.717, 1.165) is 12.8 Å². The lowest BCUT2D eigenvalue weighted by Gasteiger charge is -2.30. The normalized spacial score (nSPS) is 25.6. The van der Waals surface area contributed by atoms with Gasteiger partial charge in [0.25, 0.3) is 0 Å². The predicted octanol–water partition coefficient (Wildman–Crippen LogP) is 7.32. The summed E-state index contributed by atoms with van der Waals surface area (Å²) in [5.41, 5.74) is 10.1. The highest BCUT2D eigenvalue weighted by molar-refractivity contribution is 6.28. The minimum absolute atomic E-state index is 0.471. The summed E-state index contributed by atoms with van der Waals surface area (Å²) in [6.07, 6.45) is 10.3. The summed E-state index contributed by atoms with van der Waals surface area (Å²) in [7, 11) is 0. The summed E-state index contributed by atoms with van der Waals surface area (Å²) in [5.74, 6) is 0. The van der Waals surface area contributed by atoms with Gasteiger partial charge in [0, 0.05) is 0 Å². The van der Waals surface area contributed by atoms with Crippen LogP contribution in [0.25, 0.3) is 12.2 Å². The topological polar surface area (TPSA) is 0 Å². The molecule has 0 N–H and O–H groups in total. The van der Waals surface area contributed by atoms with Gasteiger partial charge in [0.1, 0.15) is 0 Å². The Labute approximate surface area is 166 Å². The van der Waals surface area contributed by atoms with Crippen molar-refractivity contribution >= 4 is 35.4 Å². The number of fused-ring (bicyclic) bond motifs is 2. The zero-order valence-corrected chi connectivity index (χ0v) is 17.3. The molecule has 0 bridgehead atoms. The summed E-state index contributed by atoms with van der Waals surface area (Å²) in [5, 5.41) is 0. The molecule has 4 rings (SSSR count). The number of hydrogen-bond acceptors (Lipinski definition) is 0. The van der Waals surface area contributed by atoms with Gasteiger partial charge in [-0.15, -0.1) is 23.2 Å². The largest absolute Gasteiger partial charge is 0.109 e. The molecule has 0 fully saturated rings. The maximum Gasteiger partial charge on any atom is 0.0887 e. The van der Waals surface area contributed by atoms with Crippen LogP contribution in [0.3, 0.4) is 0 Å². The first kappa shape index (κ1) is 17.9. The fourth-order valence-electron chi connectivity index (χ4n) is 4.58. The van der Waals surface area contributed by atoms with Crippen LogP contribution in [0, 0.1) is 27.7 Å². The Morgan fingerprint density at radius 1 is 0.615 bits per heavy atom. The molecule has 0 aromatic heterocycles. The van der Waals surface area contributed by atoms with Crippen LogP contribution in [-0.2, 0) is 9.75 Å². The summed E-state index contributed by atoms with van der Waals surface area (Å²) < 4.78 is 0. The molecular weight excluding hydrogens is 359 g/mol. The molecule has 0 nitrogen and oxygen atoms in total. The van der Waals surface area contributed by atoms with Crippen molar-refractivity contribution in [3.05, 3.63) is 80.9 Å². The average Bonchev–Trinajstić information content (AvgIpc) is 3.14. The van der Waals surface area contributed by atoms with E-state index in [1.54, 1.807) is 0 Å². The van der Waals surface area contributed by atoms with Gasteiger partial charge in [-0.2, -0.15) is 0 Å². The average molecular weight is 383 g/mol. The smallest absolute Gasteiger partial charge is 0.0887 e. The number of rotatable bonds is 3. The Morgan fingerprint density at radius 3 is 1.35 bits per heavy atom. The molecule has 0 radical (unpaired) electrons. The molecule has 2 aliphatic carbocycles. The summed E-state index contributed by atoms with van der Waals surface area (Å²) >= 11 is 14.3. The maximum atomic E-state index is 7.15. The Bertz CT molecular complexity index is 887. The van der Waals surface area contributed by atoms with E-state index >= 15 is 0 Å². The van der Waals surface area contributed by atoms with E-state index in [9.17, 15) is 0 Å². The van der Waals surface area contributed by atoms with Gasteiger partial charge in [-0.05, 0) is 85.0 Å². The molecule has 2 unspecified atom stereocenters. The Hall–Kier alpha value is -1.50. The van der Waals surface area contributed by atoms with Crippen LogP contribution < -0.4 is 0 Å². The van der Waals surface area contributed by atoms with Gasteiger partial charge in [0.05, 0.1) is 9.75 Å². The van der Waals surface area contributed by atoms with Crippen LogP contribution in [0.5, 0.6) is 0 Å². The van der Waals surface area contributed by atoms with Gasteiger partial charge in [-0.3, -0.25) is 0 Å². The number of hydrogen-bond donors (Lipinski definition) is 0. The van der Waals surface area contributed by atoms with E-state index in [1.165, 1.54) is 44.5 Å². The molecule has 0 aliphatic heterocycles. The third kappa shape index (κ3) is 2.58. The van der Waals surface area contributed by atoms with Crippen LogP contribution >= 0.6 is 23.2 Å². The van der Waals surface area contributed by atoms with E-state index in [1.807, 2.05) is 0 Å². The standard InChI is InChI=1S/C24H24Cl2/c1-15-5-7-17(3)21-19(15)9-11-23(21,25)13-14-24(26)12-10-20-16(2)6-8-18(4)22(20)24/h5-12H,13-14H2,1-4H3. The highest BCUT2D eigenvalue weighted by Crippen LogP contribution is 2.51. The summed E-state index contributed by atoms with van der Waals surface area (Å²) in [6, 6.07) is 8.69. The molecule has 134 valence electrons. The molecular formula is C24H24Cl2. The van der Waals surface area contributed by atoms with Crippen LogP contribution in [0.2, 0.25) is 0 Å². The van der Waals surface area contributed by atoms with Crippen molar-refractivity contribution in [1.82, 2.24) is 0 Å². The lowest BCUT2D eigenvalue weighted by atomic mass is 9.84. The highest BCUT2D eigenvalue weighted by atomic mass is 35.5. The Balaban J connectivity index is 1.68. The van der Waals surface area contributed by atoms with Crippen molar-refractivity contribution in [1.29, 1.82) is 0 Å². The molecule has 26 heavy (non-hydrogen) atoms. The summed E-state index contributed by atoms with van der Waals surface area (Å²) in [4.78, 5) is -0.941. The van der Waals surface area contributed by atoms with Gasteiger partial charge >= 0.3 is 0 Å². The third-order valence-electron chi connectivity index (χ3n) is 6.06. The maximum absolute atomic E-state index is 7.15. The SMILES string of the molecule is Cc1ccc(C)c2c1C=CC2(Cl)CCC1(Cl)C=Cc2c(C)ccc(C)c21. The van der Waals surface area contributed by atoms with Crippen LogP contribution in [0.15, 0.2) is 36.4 Å². The number of aryl methyl sites for hydroxylation is 4. The zero-order valence-electron chi connectivity index (χ0n) is 15.8. The molecule has 2 aromatic rings. The molecule has 2 heteroatoms. The first-order chi connectivity index (χ1) is 12.3. The van der Waals surface area contributed by atoms with Gasteiger partial charge in [-0.25, -0.2) is 0 Å². The lowest BCUT2D eigenvalue weighted by molar-refractivity contribution is 0.563. The van der Waals surface area contributed by atoms with E-state index < -0.39 is 9.75 Å². The third-order valence-corrected chi connectivity index (χ3v) is 7.06. The highest BCUT2D eigenvalue weighted by Gasteiger charge is 2.40. The molecule has 2 aliphatic rings. The second-order valence-electron chi connectivity index (χ2n) is 7.87. The minimum Gasteiger partial charge on any atom is -0.109 e. The molecule has 0 saturated carbocycles. The van der Waals surface area contributed by atoms with Crippen LogP contribution in [0.4, 0.5) is 0 Å². The molecule has 0 spiro atoms. The number of benzene rings is 2. The van der Waals surface area contributed by atoms with Gasteiger partial charge in [0.15, 0.2) is 0 Å². The van der Waals surface area contributed by atoms with Crippen molar-refractivity contribution in [2.24, 2.45) is 0 Å². The van der Waals surface area contributed by atoms with Crippen LogP contribution in [0.1, 0.15) is 57.3 Å². The number of alkyl halides is 2. The van der Waals surface area contributed by atoms with Crippen molar-refractivity contribution in [3.8, 4) is 0 Å². The van der Waals surface area contributed by atoms with Crippen molar-refractivity contribution < 1.29 is 0 Å². The summed E-state index contributed by atoms with van der Waals surface area (Å²) in [6.45, 7) is 8.60. The lowest BCUT2D eigenvalue weighted by Crippen LogP contribution is -2.22. The second kappa shape index (κ2) is 6.01. The van der Waals surface area contributed by atoms with Crippen LogP contribution in [-0.4, -0.2) is 0 Å². The quantitative estimate of drug-likeness (QED) is 0.487. The molecule has 0 amide bonds. The minimum atomic E-state index is -0.471. The molecule has 2 aromatic carbocycles. The van der Waals surface area contributed by atoms with Gasteiger partial charge in [0.2, 0.25) is 0 Å². The van der Waals surface area contributed by atoms with E-state index in [2.05, 4.69) is 76.3 Å². The fourth-order valence-corrected chi connectivity index (χ4v) is 5.39. The van der Waals surface area contributed by atoms with Gasteiger partial charge in [-0.1, -0.05) is 48.6 Å².